The maximum atomic E-state index is 11.9. The zero-order valence-electron chi connectivity index (χ0n) is 11.4. The Morgan fingerprint density at radius 3 is 3.05 bits per heavy atom. The number of aromatic amines is 1. The van der Waals surface area contributed by atoms with Crippen molar-refractivity contribution in [3.8, 4) is 0 Å². The Balaban J connectivity index is 2.03. The number of H-pyrrole nitrogens is 1. The lowest BCUT2D eigenvalue weighted by Gasteiger charge is -2.16. The first-order chi connectivity index (χ1) is 9.61. The fraction of sp³-hybridized carbons (Fsp3) is 0.462. The highest BCUT2D eigenvalue weighted by molar-refractivity contribution is 7.17. The summed E-state index contributed by atoms with van der Waals surface area (Å²) in [6, 6.07) is 1.81. The molecule has 108 valence electrons. The minimum Gasteiger partial charge on any atom is -0.338 e. The molecule has 0 aromatic carbocycles. The zero-order chi connectivity index (χ0) is 14.5. The predicted octanol–water partition coefficient (Wildman–Crippen LogP) is 1.07. The van der Waals surface area contributed by atoms with Gasteiger partial charge in [-0.15, -0.1) is 11.3 Å². The van der Waals surface area contributed by atoms with Gasteiger partial charge in [0.15, 0.2) is 0 Å². The molecule has 0 bridgehead atoms. The number of fused-ring (bicyclic) bond motifs is 1. The molecule has 0 unspecified atom stereocenters. The smallest absolute Gasteiger partial charge is 0.268 e. The first-order valence-corrected chi connectivity index (χ1v) is 7.40. The van der Waals surface area contributed by atoms with E-state index in [4.69, 9.17) is 5.73 Å². The van der Waals surface area contributed by atoms with Crippen LogP contribution in [0.2, 0.25) is 0 Å². The molecule has 0 aliphatic rings. The molecule has 6 nitrogen and oxygen atoms in total. The van der Waals surface area contributed by atoms with E-state index >= 15 is 0 Å². The Labute approximate surface area is 120 Å². The van der Waals surface area contributed by atoms with Gasteiger partial charge in [-0.3, -0.25) is 9.59 Å². The van der Waals surface area contributed by atoms with Crippen LogP contribution >= 0.6 is 11.3 Å². The molecule has 2 heterocycles. The van der Waals surface area contributed by atoms with Crippen LogP contribution in [0.3, 0.4) is 0 Å². The van der Waals surface area contributed by atoms with Gasteiger partial charge in [0.2, 0.25) is 5.91 Å². The van der Waals surface area contributed by atoms with Gasteiger partial charge in [0.1, 0.15) is 10.5 Å². The second kappa shape index (κ2) is 6.62. The van der Waals surface area contributed by atoms with Gasteiger partial charge in [0.05, 0.1) is 12.1 Å². The van der Waals surface area contributed by atoms with E-state index in [9.17, 15) is 9.59 Å². The van der Waals surface area contributed by atoms with Gasteiger partial charge in [0, 0.05) is 13.5 Å². The van der Waals surface area contributed by atoms with E-state index in [1.165, 1.54) is 11.3 Å². The van der Waals surface area contributed by atoms with Crippen LogP contribution < -0.4 is 11.3 Å². The molecule has 20 heavy (non-hydrogen) atoms. The summed E-state index contributed by atoms with van der Waals surface area (Å²) in [6.07, 6.45) is 2.10. The molecule has 0 atom stereocenters. The maximum Gasteiger partial charge on any atom is 0.268 e. The quantitative estimate of drug-likeness (QED) is 0.780. The van der Waals surface area contributed by atoms with Crippen molar-refractivity contribution in [3.05, 3.63) is 27.6 Å². The van der Waals surface area contributed by atoms with Crippen molar-refractivity contribution in [1.82, 2.24) is 14.9 Å². The monoisotopic (exact) mass is 294 g/mol. The van der Waals surface area contributed by atoms with Gasteiger partial charge in [-0.2, -0.15) is 0 Å². The van der Waals surface area contributed by atoms with Crippen molar-refractivity contribution in [3.63, 3.8) is 0 Å². The molecule has 0 aliphatic carbocycles. The van der Waals surface area contributed by atoms with Gasteiger partial charge >= 0.3 is 0 Å². The molecular formula is C13H18N4O2S. The number of thiophene rings is 1. The van der Waals surface area contributed by atoms with E-state index in [2.05, 4.69) is 9.97 Å². The van der Waals surface area contributed by atoms with Crippen molar-refractivity contribution in [1.29, 1.82) is 0 Å². The van der Waals surface area contributed by atoms with E-state index in [1.807, 2.05) is 11.4 Å². The van der Waals surface area contributed by atoms with Gasteiger partial charge < -0.3 is 15.6 Å². The Morgan fingerprint density at radius 1 is 1.50 bits per heavy atom. The van der Waals surface area contributed by atoms with E-state index < -0.39 is 0 Å². The number of hydrogen-bond donors (Lipinski definition) is 2. The third-order valence-corrected chi connectivity index (χ3v) is 3.92. The van der Waals surface area contributed by atoms with Crippen molar-refractivity contribution in [2.75, 3.05) is 13.6 Å². The molecule has 2 aromatic rings. The second-order valence-electron chi connectivity index (χ2n) is 4.64. The minimum absolute atomic E-state index is 0.0338. The fourth-order valence-corrected chi connectivity index (χ4v) is 2.65. The van der Waals surface area contributed by atoms with Crippen LogP contribution in [0.25, 0.3) is 10.2 Å². The first-order valence-electron chi connectivity index (χ1n) is 6.52. The van der Waals surface area contributed by atoms with E-state index in [0.717, 1.165) is 12.8 Å². The fourth-order valence-electron chi connectivity index (χ4n) is 1.92. The molecular weight excluding hydrogens is 276 g/mol. The number of carbonyl (C=O) groups is 1. The standard InChI is InChI=1S/C13H18N4O2S/c1-17(11(18)4-2-3-6-14)8-10-15-9-5-7-20-12(9)13(19)16-10/h5,7H,2-4,6,8,14H2,1H3,(H,15,16,19). The van der Waals surface area contributed by atoms with Crippen molar-refractivity contribution >= 4 is 27.5 Å². The number of rotatable bonds is 6. The number of amides is 1. The van der Waals surface area contributed by atoms with Gasteiger partial charge in [0.25, 0.3) is 5.56 Å². The van der Waals surface area contributed by atoms with Crippen molar-refractivity contribution < 1.29 is 4.79 Å². The summed E-state index contributed by atoms with van der Waals surface area (Å²) in [5, 5.41) is 1.83. The lowest BCUT2D eigenvalue weighted by molar-refractivity contribution is -0.130. The lowest BCUT2D eigenvalue weighted by atomic mass is 10.2. The van der Waals surface area contributed by atoms with Crippen molar-refractivity contribution in [2.45, 2.75) is 25.8 Å². The number of nitrogens with two attached hydrogens (primary N) is 1. The molecule has 0 aliphatic heterocycles. The van der Waals surface area contributed by atoms with Crippen LogP contribution in [0.15, 0.2) is 16.2 Å². The van der Waals surface area contributed by atoms with Crippen LogP contribution in [0.5, 0.6) is 0 Å². The first kappa shape index (κ1) is 14.7. The van der Waals surface area contributed by atoms with E-state index in [1.54, 1.807) is 11.9 Å². The summed E-state index contributed by atoms with van der Waals surface area (Å²) in [4.78, 5) is 32.4. The average Bonchev–Trinajstić information content (AvgIpc) is 2.87. The molecule has 2 aromatic heterocycles. The second-order valence-corrected chi connectivity index (χ2v) is 5.56. The maximum absolute atomic E-state index is 11.9. The largest absolute Gasteiger partial charge is 0.338 e. The number of carbonyl (C=O) groups excluding carboxylic acids is 1. The Bertz CT molecular complexity index is 649. The normalized spacial score (nSPS) is 10.9. The molecule has 7 heteroatoms. The summed E-state index contributed by atoms with van der Waals surface area (Å²) >= 11 is 1.36. The summed E-state index contributed by atoms with van der Waals surface area (Å²) in [5.74, 6) is 0.544. The molecule has 0 radical (unpaired) electrons. The highest BCUT2D eigenvalue weighted by Gasteiger charge is 2.11. The summed E-state index contributed by atoms with van der Waals surface area (Å²) in [5.41, 5.74) is 5.93. The van der Waals surface area contributed by atoms with Crippen LogP contribution in [-0.2, 0) is 11.3 Å². The zero-order valence-corrected chi connectivity index (χ0v) is 12.2. The van der Waals surface area contributed by atoms with Gasteiger partial charge in [-0.1, -0.05) is 0 Å². The molecule has 0 saturated heterocycles. The Hall–Kier alpha value is -1.73. The molecule has 3 N–H and O–H groups in total. The summed E-state index contributed by atoms with van der Waals surface area (Å²) in [7, 11) is 1.71. The summed E-state index contributed by atoms with van der Waals surface area (Å²) < 4.78 is 0.616. The molecule has 0 fully saturated rings. The lowest BCUT2D eigenvalue weighted by Crippen LogP contribution is -2.28. The Kier molecular flexibility index (Phi) is 4.86. The summed E-state index contributed by atoms with van der Waals surface area (Å²) in [6.45, 7) is 0.906. The van der Waals surface area contributed by atoms with Crippen LogP contribution in [0.1, 0.15) is 25.1 Å². The number of hydrogen-bond acceptors (Lipinski definition) is 5. The molecule has 0 saturated carbocycles. The Morgan fingerprint density at radius 2 is 2.30 bits per heavy atom. The van der Waals surface area contributed by atoms with E-state index in [-0.39, 0.29) is 11.5 Å². The van der Waals surface area contributed by atoms with Crippen LogP contribution in [-0.4, -0.2) is 34.4 Å². The van der Waals surface area contributed by atoms with Crippen molar-refractivity contribution in [2.24, 2.45) is 5.73 Å². The van der Waals surface area contributed by atoms with Crippen LogP contribution in [0, 0.1) is 0 Å². The number of unbranched alkanes of at least 4 members (excludes halogenated alkanes) is 1. The van der Waals surface area contributed by atoms with Crippen LogP contribution in [0.4, 0.5) is 0 Å². The van der Waals surface area contributed by atoms with E-state index in [0.29, 0.717) is 35.6 Å². The predicted molar refractivity (Wildman–Crippen MR) is 79.6 cm³/mol. The molecule has 1 amide bonds. The third-order valence-electron chi connectivity index (χ3n) is 3.02. The highest BCUT2D eigenvalue weighted by Crippen LogP contribution is 2.14. The number of nitrogens with one attached hydrogen (secondary N) is 1. The minimum atomic E-state index is -0.149. The van der Waals surface area contributed by atoms with Gasteiger partial charge in [-0.05, 0) is 30.8 Å². The average molecular weight is 294 g/mol. The number of nitrogens with zero attached hydrogens (tertiary/aromatic N) is 2. The number of aromatic nitrogens is 2. The third kappa shape index (κ3) is 3.43. The topological polar surface area (TPSA) is 92.1 Å². The van der Waals surface area contributed by atoms with Gasteiger partial charge in [-0.25, -0.2) is 4.98 Å². The molecule has 2 rings (SSSR count). The highest BCUT2D eigenvalue weighted by atomic mass is 32.1. The SMILES string of the molecule is CN(Cc1nc2ccsc2c(=O)[nH]1)C(=O)CCCCN. The molecule has 0 spiro atoms.